The first-order valence-electron chi connectivity index (χ1n) is 4.87. The van der Waals surface area contributed by atoms with Gasteiger partial charge in [0.1, 0.15) is 6.54 Å². The fourth-order valence-corrected chi connectivity index (χ4v) is 1.87. The van der Waals surface area contributed by atoms with Crippen LogP contribution in [0.2, 0.25) is 0 Å². The molecule has 0 saturated carbocycles. The van der Waals surface area contributed by atoms with Gasteiger partial charge in [0.2, 0.25) is 10.0 Å². The summed E-state index contributed by atoms with van der Waals surface area (Å²) in [6, 6.07) is 5.52. The first-order valence-corrected chi connectivity index (χ1v) is 6.42. The fraction of sp³-hybridized carbons (Fsp3) is 0.182. The Balaban J connectivity index is 3.01. The van der Waals surface area contributed by atoms with Crippen molar-refractivity contribution < 1.29 is 18.3 Å². The molecular weight excluding hydrogens is 256 g/mol. The largest absolute Gasteiger partial charge is 0.480 e. The number of hydrogen-bond donors (Lipinski definition) is 2. The molecule has 0 saturated heterocycles. The fourth-order valence-electron chi connectivity index (χ4n) is 1.36. The van der Waals surface area contributed by atoms with Crippen LogP contribution in [0.4, 0.5) is 5.69 Å². The second-order valence-corrected chi connectivity index (χ2v) is 5.05. The molecule has 0 aromatic heterocycles. The molecule has 18 heavy (non-hydrogen) atoms. The molecule has 0 aliphatic heterocycles. The van der Waals surface area contributed by atoms with Crippen molar-refractivity contribution in [2.24, 2.45) is 5.14 Å². The summed E-state index contributed by atoms with van der Waals surface area (Å²) in [6.45, 7) is -0.153. The molecule has 7 heteroatoms. The van der Waals surface area contributed by atoms with E-state index in [-0.39, 0.29) is 18.0 Å². The summed E-state index contributed by atoms with van der Waals surface area (Å²) in [6.07, 6.45) is 5.14. The molecule has 0 bridgehead atoms. The molecule has 0 radical (unpaired) electrons. The van der Waals surface area contributed by atoms with Crippen LogP contribution in [0.1, 0.15) is 0 Å². The van der Waals surface area contributed by atoms with Crippen molar-refractivity contribution in [2.75, 3.05) is 18.0 Å². The van der Waals surface area contributed by atoms with Gasteiger partial charge in [0.15, 0.2) is 0 Å². The SMILES string of the molecule is C#CCN(CC(=O)O)c1ccc(S(N)(=O)=O)cc1. The second kappa shape index (κ2) is 5.53. The van der Waals surface area contributed by atoms with E-state index in [9.17, 15) is 13.2 Å². The van der Waals surface area contributed by atoms with Gasteiger partial charge in [-0.2, -0.15) is 0 Å². The maximum absolute atomic E-state index is 11.1. The molecule has 0 unspecified atom stereocenters. The molecule has 0 fully saturated rings. The number of carboxylic acids is 1. The summed E-state index contributed by atoms with van der Waals surface area (Å²) in [7, 11) is -3.76. The lowest BCUT2D eigenvalue weighted by atomic mass is 10.3. The Morgan fingerprint density at radius 2 is 1.94 bits per heavy atom. The predicted molar refractivity (Wildman–Crippen MR) is 66.5 cm³/mol. The molecule has 6 nitrogen and oxygen atoms in total. The zero-order valence-corrected chi connectivity index (χ0v) is 10.2. The number of hydrogen-bond acceptors (Lipinski definition) is 4. The van der Waals surface area contributed by atoms with Crippen LogP contribution in [-0.2, 0) is 14.8 Å². The molecule has 0 atom stereocenters. The van der Waals surface area contributed by atoms with E-state index in [2.05, 4.69) is 5.92 Å². The van der Waals surface area contributed by atoms with Crippen LogP contribution in [0.15, 0.2) is 29.2 Å². The lowest BCUT2D eigenvalue weighted by molar-refractivity contribution is -0.135. The van der Waals surface area contributed by atoms with E-state index in [1.807, 2.05) is 0 Å². The Morgan fingerprint density at radius 1 is 1.39 bits per heavy atom. The molecule has 1 rings (SSSR count). The molecule has 0 aliphatic rings. The summed E-state index contributed by atoms with van der Waals surface area (Å²) in [4.78, 5) is 12.0. The third-order valence-electron chi connectivity index (χ3n) is 2.14. The lowest BCUT2D eigenvalue weighted by Gasteiger charge is -2.20. The van der Waals surface area contributed by atoms with Crippen molar-refractivity contribution in [1.29, 1.82) is 0 Å². The second-order valence-electron chi connectivity index (χ2n) is 3.49. The molecule has 0 heterocycles. The minimum Gasteiger partial charge on any atom is -0.480 e. The van der Waals surface area contributed by atoms with Crippen molar-refractivity contribution in [3.63, 3.8) is 0 Å². The van der Waals surface area contributed by atoms with Gasteiger partial charge in [0.05, 0.1) is 11.4 Å². The van der Waals surface area contributed by atoms with E-state index in [4.69, 9.17) is 16.7 Å². The highest BCUT2D eigenvalue weighted by molar-refractivity contribution is 7.89. The van der Waals surface area contributed by atoms with E-state index in [1.165, 1.54) is 29.2 Å². The van der Waals surface area contributed by atoms with Gasteiger partial charge in [0, 0.05) is 5.69 Å². The van der Waals surface area contributed by atoms with Gasteiger partial charge in [-0.1, -0.05) is 5.92 Å². The molecule has 0 spiro atoms. The Bertz CT molecular complexity index is 572. The van der Waals surface area contributed by atoms with E-state index < -0.39 is 16.0 Å². The van der Waals surface area contributed by atoms with E-state index >= 15 is 0 Å². The summed E-state index contributed by atoms with van der Waals surface area (Å²) in [5.41, 5.74) is 0.516. The standard InChI is InChI=1S/C11H12N2O4S/c1-2-7-13(8-11(14)15)9-3-5-10(6-4-9)18(12,16)17/h1,3-6H,7-8H2,(H,14,15)(H2,12,16,17). The number of nitrogens with two attached hydrogens (primary N) is 1. The Morgan fingerprint density at radius 3 is 2.33 bits per heavy atom. The van der Waals surface area contributed by atoms with Gasteiger partial charge >= 0.3 is 5.97 Å². The van der Waals surface area contributed by atoms with Crippen molar-refractivity contribution in [3.05, 3.63) is 24.3 Å². The predicted octanol–water partition coefficient (Wildman–Crippen LogP) is -0.142. The average Bonchev–Trinajstić information content (AvgIpc) is 2.27. The topological polar surface area (TPSA) is 101 Å². The summed E-state index contributed by atoms with van der Waals surface area (Å²) < 4.78 is 22.1. The number of anilines is 1. The van der Waals surface area contributed by atoms with Gasteiger partial charge in [0.25, 0.3) is 0 Å². The molecule has 1 aromatic carbocycles. The molecule has 1 aromatic rings. The molecule has 96 valence electrons. The number of carboxylic acid groups (broad SMARTS) is 1. The zero-order chi connectivity index (χ0) is 13.8. The quantitative estimate of drug-likeness (QED) is 0.724. The van der Waals surface area contributed by atoms with Crippen LogP contribution in [-0.4, -0.2) is 32.6 Å². The number of sulfonamides is 1. The number of rotatable bonds is 5. The monoisotopic (exact) mass is 268 g/mol. The van der Waals surface area contributed by atoms with Gasteiger partial charge in [-0.25, -0.2) is 13.6 Å². The maximum atomic E-state index is 11.1. The lowest BCUT2D eigenvalue weighted by Crippen LogP contribution is -2.30. The normalized spacial score (nSPS) is 10.7. The highest BCUT2D eigenvalue weighted by Gasteiger charge is 2.12. The van der Waals surface area contributed by atoms with Gasteiger partial charge in [-0.05, 0) is 24.3 Å². The summed E-state index contributed by atoms with van der Waals surface area (Å²) >= 11 is 0. The minimum atomic E-state index is -3.76. The number of nitrogens with zero attached hydrogens (tertiary/aromatic N) is 1. The van der Waals surface area contributed by atoms with E-state index in [0.717, 1.165) is 0 Å². The van der Waals surface area contributed by atoms with Gasteiger partial charge in [-0.3, -0.25) is 4.79 Å². The molecule has 0 aliphatic carbocycles. The van der Waals surface area contributed by atoms with Crippen LogP contribution < -0.4 is 10.0 Å². The Labute approximate surface area is 105 Å². The average molecular weight is 268 g/mol. The van der Waals surface area contributed by atoms with Crippen LogP contribution in [0.3, 0.4) is 0 Å². The van der Waals surface area contributed by atoms with Crippen LogP contribution >= 0.6 is 0 Å². The Hall–Kier alpha value is -2.04. The zero-order valence-electron chi connectivity index (χ0n) is 9.41. The number of terminal acetylenes is 1. The number of aliphatic carboxylic acids is 1. The molecule has 0 amide bonds. The van der Waals surface area contributed by atoms with Crippen LogP contribution in [0.5, 0.6) is 0 Å². The third kappa shape index (κ3) is 3.76. The van der Waals surface area contributed by atoms with Gasteiger partial charge in [-0.15, -0.1) is 6.42 Å². The molecular formula is C11H12N2O4S. The van der Waals surface area contributed by atoms with E-state index in [1.54, 1.807) is 0 Å². The highest BCUT2D eigenvalue weighted by atomic mass is 32.2. The van der Waals surface area contributed by atoms with Crippen molar-refractivity contribution in [3.8, 4) is 12.3 Å². The van der Waals surface area contributed by atoms with Gasteiger partial charge < -0.3 is 10.0 Å². The number of benzene rings is 1. The summed E-state index contributed by atoms with van der Waals surface area (Å²) in [5, 5.41) is 13.7. The maximum Gasteiger partial charge on any atom is 0.323 e. The number of carbonyl (C=O) groups is 1. The first-order chi connectivity index (χ1) is 8.34. The smallest absolute Gasteiger partial charge is 0.323 e. The first kappa shape index (κ1) is 14.0. The number of primary sulfonamides is 1. The van der Waals surface area contributed by atoms with Crippen molar-refractivity contribution in [2.45, 2.75) is 4.90 Å². The van der Waals surface area contributed by atoms with Crippen LogP contribution in [0.25, 0.3) is 0 Å². The van der Waals surface area contributed by atoms with Crippen LogP contribution in [0, 0.1) is 12.3 Å². The molecule has 3 N–H and O–H groups in total. The minimum absolute atomic E-state index is 0.0396. The summed E-state index contributed by atoms with van der Waals surface area (Å²) in [5.74, 6) is 1.31. The van der Waals surface area contributed by atoms with E-state index in [0.29, 0.717) is 5.69 Å². The third-order valence-corrected chi connectivity index (χ3v) is 3.07. The van der Waals surface area contributed by atoms with Crippen molar-refractivity contribution in [1.82, 2.24) is 0 Å². The van der Waals surface area contributed by atoms with Crippen molar-refractivity contribution >= 4 is 21.7 Å². The highest BCUT2D eigenvalue weighted by Crippen LogP contribution is 2.16. The Kier molecular flexibility index (Phi) is 4.31.